The van der Waals surface area contributed by atoms with Crippen LogP contribution in [0.4, 0.5) is 10.1 Å². The molecule has 2 aromatic carbocycles. The van der Waals surface area contributed by atoms with Gasteiger partial charge in [-0.2, -0.15) is 0 Å². The van der Waals surface area contributed by atoms with Crippen molar-refractivity contribution in [2.75, 3.05) is 25.5 Å². The maximum Gasteiger partial charge on any atom is 0.337 e. The number of benzene rings is 2. The molecule has 0 atom stereocenters. The monoisotopic (exact) mass is 372 g/mol. The molecule has 0 saturated heterocycles. The predicted octanol–water partition coefficient (Wildman–Crippen LogP) is 2.64. The molecule has 0 unspecified atom stereocenters. The quantitative estimate of drug-likeness (QED) is 0.758. The van der Waals surface area contributed by atoms with Crippen molar-refractivity contribution in [3.05, 3.63) is 65.5 Å². The van der Waals surface area contributed by atoms with E-state index in [2.05, 4.69) is 10.1 Å². The Morgan fingerprint density at radius 1 is 1.04 bits per heavy atom. The Balaban J connectivity index is 1.91. The van der Waals surface area contributed by atoms with E-state index in [0.717, 1.165) is 5.56 Å². The van der Waals surface area contributed by atoms with Gasteiger partial charge in [-0.15, -0.1) is 0 Å². The minimum atomic E-state index is -0.462. The first-order valence-electron chi connectivity index (χ1n) is 8.37. The fourth-order valence-corrected chi connectivity index (χ4v) is 2.44. The predicted molar refractivity (Wildman–Crippen MR) is 98.8 cm³/mol. The highest BCUT2D eigenvalue weighted by atomic mass is 19.1. The SMILES string of the molecule is COC(=O)c1ccc(NC(=O)CN(CCc2ccc(F)cc2)C(C)=O)cc1. The number of amides is 2. The Hall–Kier alpha value is -3.22. The third kappa shape index (κ3) is 6.22. The lowest BCUT2D eigenvalue weighted by molar-refractivity contribution is -0.132. The Kier molecular flexibility index (Phi) is 7.05. The average molecular weight is 372 g/mol. The van der Waals surface area contributed by atoms with Gasteiger partial charge >= 0.3 is 5.97 Å². The molecule has 0 spiro atoms. The van der Waals surface area contributed by atoms with Crippen molar-refractivity contribution < 1.29 is 23.5 Å². The first-order valence-corrected chi connectivity index (χ1v) is 8.37. The maximum absolute atomic E-state index is 12.9. The number of carbonyl (C=O) groups is 3. The fourth-order valence-electron chi connectivity index (χ4n) is 2.44. The van der Waals surface area contributed by atoms with Gasteiger partial charge in [0.25, 0.3) is 0 Å². The molecule has 2 aromatic rings. The molecule has 0 saturated carbocycles. The number of carbonyl (C=O) groups excluding carboxylic acids is 3. The Labute approximate surface area is 156 Å². The molecule has 0 aliphatic rings. The molecule has 2 amide bonds. The molecule has 0 aliphatic heterocycles. The van der Waals surface area contributed by atoms with Crippen LogP contribution in [0.2, 0.25) is 0 Å². The van der Waals surface area contributed by atoms with Crippen molar-refractivity contribution >= 4 is 23.5 Å². The zero-order valence-electron chi connectivity index (χ0n) is 15.2. The van der Waals surface area contributed by atoms with Crippen LogP contribution in [0, 0.1) is 5.82 Å². The van der Waals surface area contributed by atoms with Crippen LogP contribution in [-0.4, -0.2) is 42.9 Å². The van der Waals surface area contributed by atoms with Crippen molar-refractivity contribution in [3.63, 3.8) is 0 Å². The normalized spacial score (nSPS) is 10.2. The highest BCUT2D eigenvalue weighted by molar-refractivity contribution is 5.95. The first-order chi connectivity index (χ1) is 12.9. The summed E-state index contributed by atoms with van der Waals surface area (Å²) in [5.74, 6) is -1.36. The lowest BCUT2D eigenvalue weighted by atomic mass is 10.1. The van der Waals surface area contributed by atoms with Crippen molar-refractivity contribution in [2.45, 2.75) is 13.3 Å². The van der Waals surface area contributed by atoms with E-state index < -0.39 is 5.97 Å². The van der Waals surface area contributed by atoms with E-state index in [1.54, 1.807) is 36.4 Å². The van der Waals surface area contributed by atoms with Crippen LogP contribution in [0.15, 0.2) is 48.5 Å². The number of halogens is 1. The highest BCUT2D eigenvalue weighted by Gasteiger charge is 2.14. The minimum absolute atomic E-state index is 0.102. The molecule has 0 aromatic heterocycles. The summed E-state index contributed by atoms with van der Waals surface area (Å²) in [6.07, 6.45) is 0.515. The van der Waals surface area contributed by atoms with E-state index in [-0.39, 0.29) is 24.2 Å². The topological polar surface area (TPSA) is 75.7 Å². The van der Waals surface area contributed by atoms with E-state index >= 15 is 0 Å². The van der Waals surface area contributed by atoms with Gasteiger partial charge in [-0.25, -0.2) is 9.18 Å². The van der Waals surface area contributed by atoms with Crippen LogP contribution in [0.3, 0.4) is 0 Å². The standard InChI is InChI=1S/C20H21FN2O4/c1-14(24)23(12-11-15-3-7-17(21)8-4-15)13-19(25)22-18-9-5-16(6-10-18)20(26)27-2/h3-10H,11-13H2,1-2H3,(H,22,25). The molecule has 0 fully saturated rings. The van der Waals surface area contributed by atoms with E-state index in [9.17, 15) is 18.8 Å². The van der Waals surface area contributed by atoms with Crippen molar-refractivity contribution in [1.29, 1.82) is 0 Å². The summed E-state index contributed by atoms with van der Waals surface area (Å²) < 4.78 is 17.6. The van der Waals surface area contributed by atoms with Gasteiger partial charge in [-0.1, -0.05) is 12.1 Å². The molecule has 6 nitrogen and oxygen atoms in total. The second kappa shape index (κ2) is 9.47. The van der Waals surface area contributed by atoms with E-state index in [4.69, 9.17) is 0 Å². The van der Waals surface area contributed by atoms with Gasteiger partial charge in [-0.05, 0) is 48.4 Å². The largest absolute Gasteiger partial charge is 0.465 e. The Morgan fingerprint density at radius 2 is 1.67 bits per heavy atom. The Bertz CT molecular complexity index is 804. The third-order valence-corrected chi connectivity index (χ3v) is 3.95. The van der Waals surface area contributed by atoms with E-state index in [1.165, 1.54) is 31.1 Å². The summed E-state index contributed by atoms with van der Waals surface area (Å²) in [4.78, 5) is 36.8. The molecule has 27 heavy (non-hydrogen) atoms. The highest BCUT2D eigenvalue weighted by Crippen LogP contribution is 2.11. The second-order valence-electron chi connectivity index (χ2n) is 5.93. The smallest absolute Gasteiger partial charge is 0.337 e. The Morgan fingerprint density at radius 3 is 2.22 bits per heavy atom. The van der Waals surface area contributed by atoms with Crippen molar-refractivity contribution in [3.8, 4) is 0 Å². The maximum atomic E-state index is 12.9. The molecule has 0 radical (unpaired) electrons. The van der Waals surface area contributed by atoms with Crippen LogP contribution < -0.4 is 5.32 Å². The second-order valence-corrected chi connectivity index (χ2v) is 5.93. The lowest BCUT2D eigenvalue weighted by Gasteiger charge is -2.20. The number of nitrogens with zero attached hydrogens (tertiary/aromatic N) is 1. The third-order valence-electron chi connectivity index (χ3n) is 3.95. The van der Waals surface area contributed by atoms with Gasteiger partial charge in [-0.3, -0.25) is 9.59 Å². The number of anilines is 1. The number of nitrogens with one attached hydrogen (secondary N) is 1. The molecule has 0 aliphatic carbocycles. The number of hydrogen-bond donors (Lipinski definition) is 1. The minimum Gasteiger partial charge on any atom is -0.465 e. The van der Waals surface area contributed by atoms with Crippen LogP contribution in [-0.2, 0) is 20.7 Å². The average Bonchev–Trinajstić information content (AvgIpc) is 2.66. The molecule has 0 bridgehead atoms. The van der Waals surface area contributed by atoms with Crippen LogP contribution in [0.5, 0.6) is 0 Å². The van der Waals surface area contributed by atoms with Gasteiger partial charge < -0.3 is 15.0 Å². The summed E-state index contributed by atoms with van der Waals surface area (Å²) in [5, 5.41) is 2.68. The number of ether oxygens (including phenoxy) is 1. The number of rotatable bonds is 7. The lowest BCUT2D eigenvalue weighted by Crippen LogP contribution is -2.38. The van der Waals surface area contributed by atoms with Gasteiger partial charge in [0.15, 0.2) is 0 Å². The summed E-state index contributed by atoms with van der Waals surface area (Å²) in [5.41, 5.74) is 1.76. The number of methoxy groups -OCH3 is 1. The summed E-state index contributed by atoms with van der Waals surface area (Å²) in [6.45, 7) is 1.63. The van der Waals surface area contributed by atoms with Gasteiger partial charge in [0.05, 0.1) is 19.2 Å². The van der Waals surface area contributed by atoms with Gasteiger partial charge in [0.1, 0.15) is 5.82 Å². The van der Waals surface area contributed by atoms with Crippen LogP contribution >= 0.6 is 0 Å². The van der Waals surface area contributed by atoms with Crippen molar-refractivity contribution in [1.82, 2.24) is 4.90 Å². The zero-order chi connectivity index (χ0) is 19.8. The molecular weight excluding hydrogens is 351 g/mol. The number of esters is 1. The van der Waals surface area contributed by atoms with Crippen molar-refractivity contribution in [2.24, 2.45) is 0 Å². The molecule has 142 valence electrons. The summed E-state index contributed by atoms with van der Waals surface area (Å²) >= 11 is 0. The van der Waals surface area contributed by atoms with Gasteiger partial charge in [0, 0.05) is 19.2 Å². The fraction of sp³-hybridized carbons (Fsp3) is 0.250. The van der Waals surface area contributed by atoms with Gasteiger partial charge in [0.2, 0.25) is 11.8 Å². The molecule has 2 rings (SSSR count). The molecule has 1 N–H and O–H groups in total. The summed E-state index contributed by atoms with van der Waals surface area (Å²) in [7, 11) is 1.29. The van der Waals surface area contributed by atoms with Crippen LogP contribution in [0.25, 0.3) is 0 Å². The van der Waals surface area contributed by atoms with E-state index in [0.29, 0.717) is 24.2 Å². The molecular formula is C20H21FN2O4. The first kappa shape index (κ1) is 20.1. The van der Waals surface area contributed by atoms with E-state index in [1.807, 2.05) is 0 Å². The molecule has 7 heteroatoms. The van der Waals surface area contributed by atoms with Crippen LogP contribution in [0.1, 0.15) is 22.8 Å². The zero-order valence-corrected chi connectivity index (χ0v) is 15.2. The molecule has 0 heterocycles. The number of hydrogen-bond acceptors (Lipinski definition) is 4. The summed E-state index contributed by atoms with van der Waals surface area (Å²) in [6, 6.07) is 12.3.